The van der Waals surface area contributed by atoms with Crippen LogP contribution in [0.5, 0.6) is 0 Å². The smallest absolute Gasteiger partial charge is 0.261 e. The Bertz CT molecular complexity index is 896. The molecule has 4 rings (SSSR count). The molecular formula is C16H22N4O3S3. The second-order valence-electron chi connectivity index (χ2n) is 7.14. The van der Waals surface area contributed by atoms with Crippen molar-refractivity contribution >= 4 is 53.1 Å². The van der Waals surface area contributed by atoms with Crippen molar-refractivity contribution in [2.45, 2.75) is 24.9 Å². The van der Waals surface area contributed by atoms with Gasteiger partial charge in [-0.25, -0.2) is 13.4 Å². The molecular weight excluding hydrogens is 392 g/mol. The van der Waals surface area contributed by atoms with Crippen LogP contribution in [-0.4, -0.2) is 75.0 Å². The number of thiazole rings is 1. The number of anilines is 1. The summed E-state index contributed by atoms with van der Waals surface area (Å²) in [5.41, 5.74) is 0. The number of rotatable bonds is 4. The molecule has 142 valence electrons. The molecule has 10 heteroatoms. The highest BCUT2D eigenvalue weighted by atomic mass is 32.2. The first-order chi connectivity index (χ1) is 12.3. The third kappa shape index (κ3) is 3.47. The minimum absolute atomic E-state index is 0.0304. The van der Waals surface area contributed by atoms with Crippen LogP contribution in [0.25, 0.3) is 9.53 Å². The molecule has 0 aromatic carbocycles. The Kier molecular flexibility index (Phi) is 4.70. The SMILES string of the molecule is CN(C)c1nc2sc(C(=O)NC3CS(=O)(=O)CC3N3CCCC3)cc2s1. The van der Waals surface area contributed by atoms with Crippen LogP contribution in [0, 0.1) is 0 Å². The number of carbonyl (C=O) groups excluding carboxylic acids is 1. The predicted molar refractivity (Wildman–Crippen MR) is 106 cm³/mol. The lowest BCUT2D eigenvalue weighted by molar-refractivity contribution is 0.0923. The molecule has 7 nitrogen and oxygen atoms in total. The van der Waals surface area contributed by atoms with Gasteiger partial charge in [0.1, 0.15) is 4.83 Å². The summed E-state index contributed by atoms with van der Waals surface area (Å²) >= 11 is 2.91. The fourth-order valence-corrected chi connectivity index (χ4v) is 7.66. The third-order valence-electron chi connectivity index (χ3n) is 4.93. The Labute approximate surface area is 160 Å². The number of thiophene rings is 1. The Morgan fingerprint density at radius 3 is 2.65 bits per heavy atom. The van der Waals surface area contributed by atoms with Crippen LogP contribution in [0.1, 0.15) is 22.5 Å². The molecule has 1 amide bonds. The summed E-state index contributed by atoms with van der Waals surface area (Å²) in [5.74, 6) is -0.0219. The Balaban J connectivity index is 1.51. The van der Waals surface area contributed by atoms with Crippen LogP contribution in [0.4, 0.5) is 5.13 Å². The van der Waals surface area contributed by atoms with Gasteiger partial charge in [0.2, 0.25) is 0 Å². The van der Waals surface area contributed by atoms with Gasteiger partial charge < -0.3 is 10.2 Å². The lowest BCUT2D eigenvalue weighted by Gasteiger charge is -2.28. The zero-order valence-electron chi connectivity index (χ0n) is 14.8. The number of sulfone groups is 1. The summed E-state index contributed by atoms with van der Waals surface area (Å²) in [6.45, 7) is 1.83. The summed E-state index contributed by atoms with van der Waals surface area (Å²) in [7, 11) is 0.771. The molecule has 2 atom stereocenters. The second-order valence-corrected chi connectivity index (χ2v) is 11.3. The average molecular weight is 415 g/mol. The van der Waals surface area contributed by atoms with Gasteiger partial charge in [-0.05, 0) is 32.0 Å². The maximum absolute atomic E-state index is 12.7. The van der Waals surface area contributed by atoms with Gasteiger partial charge in [-0.2, -0.15) is 0 Å². The molecule has 2 unspecified atom stereocenters. The topological polar surface area (TPSA) is 82.6 Å². The molecule has 2 aromatic heterocycles. The van der Waals surface area contributed by atoms with Gasteiger partial charge in [0.15, 0.2) is 15.0 Å². The number of fused-ring (bicyclic) bond motifs is 1. The highest BCUT2D eigenvalue weighted by Gasteiger charge is 2.42. The van der Waals surface area contributed by atoms with E-state index in [-0.39, 0.29) is 29.5 Å². The normalized spacial score (nSPS) is 25.8. The number of hydrogen-bond acceptors (Lipinski definition) is 8. The third-order valence-corrected chi connectivity index (χ3v) is 8.98. The van der Waals surface area contributed by atoms with E-state index in [1.807, 2.05) is 25.1 Å². The first-order valence-corrected chi connectivity index (χ1v) is 12.1. The van der Waals surface area contributed by atoms with E-state index in [9.17, 15) is 13.2 Å². The maximum Gasteiger partial charge on any atom is 0.261 e. The quantitative estimate of drug-likeness (QED) is 0.815. The molecule has 0 aliphatic carbocycles. The van der Waals surface area contributed by atoms with E-state index in [0.717, 1.165) is 40.6 Å². The molecule has 0 spiro atoms. The van der Waals surface area contributed by atoms with Gasteiger partial charge in [-0.1, -0.05) is 11.3 Å². The summed E-state index contributed by atoms with van der Waals surface area (Å²) in [6, 6.07) is 1.41. The summed E-state index contributed by atoms with van der Waals surface area (Å²) < 4.78 is 25.3. The van der Waals surface area contributed by atoms with Crippen LogP contribution < -0.4 is 10.2 Å². The van der Waals surface area contributed by atoms with E-state index in [1.54, 1.807) is 11.3 Å². The van der Waals surface area contributed by atoms with Gasteiger partial charge in [0.05, 0.1) is 27.1 Å². The van der Waals surface area contributed by atoms with E-state index in [1.165, 1.54) is 11.3 Å². The number of nitrogens with zero attached hydrogens (tertiary/aromatic N) is 3. The van der Waals surface area contributed by atoms with Crippen LogP contribution in [-0.2, 0) is 9.84 Å². The zero-order chi connectivity index (χ0) is 18.5. The van der Waals surface area contributed by atoms with E-state index in [4.69, 9.17) is 0 Å². The van der Waals surface area contributed by atoms with Gasteiger partial charge in [0, 0.05) is 20.1 Å². The van der Waals surface area contributed by atoms with E-state index in [0.29, 0.717) is 4.88 Å². The first kappa shape index (κ1) is 18.1. The monoisotopic (exact) mass is 414 g/mol. The number of amides is 1. The van der Waals surface area contributed by atoms with Crippen LogP contribution in [0.2, 0.25) is 0 Å². The van der Waals surface area contributed by atoms with Crippen molar-refractivity contribution in [2.75, 3.05) is 43.6 Å². The average Bonchev–Trinajstić information content (AvgIpc) is 3.28. The molecule has 0 saturated carbocycles. The Hall–Kier alpha value is -1.23. The predicted octanol–water partition coefficient (Wildman–Crippen LogP) is 1.41. The van der Waals surface area contributed by atoms with Gasteiger partial charge in [-0.3, -0.25) is 9.69 Å². The van der Waals surface area contributed by atoms with E-state index in [2.05, 4.69) is 15.2 Å². The standard InChI is InChI=1S/C16H22N4O3S3/c1-19(2)16-18-15-13(25-16)7-12(24-15)14(21)17-10-8-26(22,23)9-11(10)20-5-3-4-6-20/h7,10-11H,3-6,8-9H2,1-2H3,(H,17,21). The number of hydrogen-bond donors (Lipinski definition) is 1. The van der Waals surface area contributed by atoms with Crippen LogP contribution in [0.3, 0.4) is 0 Å². The fourth-order valence-electron chi connectivity index (χ4n) is 3.67. The molecule has 0 radical (unpaired) electrons. The van der Waals surface area contributed by atoms with Crippen molar-refractivity contribution < 1.29 is 13.2 Å². The second kappa shape index (κ2) is 6.74. The number of aromatic nitrogens is 1. The minimum atomic E-state index is -3.11. The van der Waals surface area contributed by atoms with Crippen LogP contribution >= 0.6 is 22.7 Å². The van der Waals surface area contributed by atoms with Crippen molar-refractivity contribution in [3.8, 4) is 0 Å². The Morgan fingerprint density at radius 1 is 1.27 bits per heavy atom. The first-order valence-electron chi connectivity index (χ1n) is 8.65. The lowest BCUT2D eigenvalue weighted by atomic mass is 10.1. The molecule has 4 heterocycles. The van der Waals surface area contributed by atoms with Crippen molar-refractivity contribution in [2.24, 2.45) is 0 Å². The highest BCUT2D eigenvalue weighted by molar-refractivity contribution is 7.91. The molecule has 2 aromatic rings. The summed E-state index contributed by atoms with van der Waals surface area (Å²) in [4.78, 5) is 22.8. The molecule has 26 heavy (non-hydrogen) atoms. The number of carbonyl (C=O) groups is 1. The van der Waals surface area contributed by atoms with Crippen molar-refractivity contribution in [3.63, 3.8) is 0 Å². The number of likely N-dealkylation sites (tertiary alicyclic amines) is 1. The summed E-state index contributed by atoms with van der Waals surface area (Å²) in [6.07, 6.45) is 2.19. The van der Waals surface area contributed by atoms with E-state index < -0.39 is 9.84 Å². The molecule has 2 aliphatic heterocycles. The zero-order valence-corrected chi connectivity index (χ0v) is 17.2. The van der Waals surface area contributed by atoms with E-state index >= 15 is 0 Å². The van der Waals surface area contributed by atoms with Crippen LogP contribution in [0.15, 0.2) is 6.07 Å². The van der Waals surface area contributed by atoms with Gasteiger partial charge in [-0.15, -0.1) is 11.3 Å². The molecule has 1 N–H and O–H groups in total. The lowest BCUT2D eigenvalue weighted by Crippen LogP contribution is -2.50. The Morgan fingerprint density at radius 2 is 2.00 bits per heavy atom. The number of nitrogens with one attached hydrogen (secondary N) is 1. The molecule has 2 aliphatic rings. The minimum Gasteiger partial charge on any atom is -0.354 e. The maximum atomic E-state index is 12.7. The van der Waals surface area contributed by atoms with Crippen molar-refractivity contribution in [3.05, 3.63) is 10.9 Å². The molecule has 2 fully saturated rings. The van der Waals surface area contributed by atoms with Crippen molar-refractivity contribution in [1.29, 1.82) is 0 Å². The molecule has 2 saturated heterocycles. The van der Waals surface area contributed by atoms with Gasteiger partial charge in [0.25, 0.3) is 5.91 Å². The van der Waals surface area contributed by atoms with Crippen molar-refractivity contribution in [1.82, 2.24) is 15.2 Å². The largest absolute Gasteiger partial charge is 0.354 e. The van der Waals surface area contributed by atoms with Gasteiger partial charge >= 0.3 is 0 Å². The fraction of sp³-hybridized carbons (Fsp3) is 0.625. The summed E-state index contributed by atoms with van der Waals surface area (Å²) in [5, 5.41) is 3.89. The molecule has 0 bridgehead atoms. The highest BCUT2D eigenvalue weighted by Crippen LogP contribution is 2.34.